The monoisotopic (exact) mass is 164 g/mol. The minimum absolute atomic E-state index is 0.680. The Labute approximate surface area is 69.3 Å². The van der Waals surface area contributed by atoms with E-state index in [1.165, 1.54) is 6.21 Å². The molecule has 0 spiro atoms. The van der Waals surface area contributed by atoms with Crippen LogP contribution in [0.3, 0.4) is 0 Å². The number of hydrogen-bond donors (Lipinski definition) is 2. The van der Waals surface area contributed by atoms with Crippen LogP contribution in [0.5, 0.6) is 0 Å². The molecule has 0 aliphatic heterocycles. The highest BCUT2D eigenvalue weighted by Crippen LogP contribution is 1.89. The first kappa shape index (κ1) is 8.19. The maximum atomic E-state index is 10.2. The van der Waals surface area contributed by atoms with Crippen molar-refractivity contribution in [2.24, 2.45) is 10.8 Å². The van der Waals surface area contributed by atoms with Gasteiger partial charge in [0.1, 0.15) is 0 Å². The van der Waals surface area contributed by atoms with E-state index in [2.05, 4.69) is 15.5 Å². The number of nitrogens with zero attached hydrogens (tertiary/aromatic N) is 2. The van der Waals surface area contributed by atoms with Crippen molar-refractivity contribution in [3.63, 3.8) is 0 Å². The van der Waals surface area contributed by atoms with Gasteiger partial charge in [-0.1, -0.05) is 0 Å². The zero-order valence-corrected chi connectivity index (χ0v) is 6.27. The van der Waals surface area contributed by atoms with E-state index in [1.54, 1.807) is 24.5 Å². The van der Waals surface area contributed by atoms with E-state index < -0.39 is 6.03 Å². The van der Waals surface area contributed by atoms with Gasteiger partial charge in [0.25, 0.3) is 0 Å². The Morgan fingerprint density at radius 3 is 2.83 bits per heavy atom. The highest BCUT2D eigenvalue weighted by Gasteiger charge is 1.85. The van der Waals surface area contributed by atoms with Gasteiger partial charge >= 0.3 is 6.03 Å². The number of nitrogens with two attached hydrogens (primary N) is 1. The van der Waals surface area contributed by atoms with E-state index in [0.717, 1.165) is 5.56 Å². The van der Waals surface area contributed by atoms with Gasteiger partial charge in [-0.3, -0.25) is 4.98 Å². The zero-order valence-electron chi connectivity index (χ0n) is 6.27. The van der Waals surface area contributed by atoms with Gasteiger partial charge in [-0.25, -0.2) is 10.2 Å². The second-order valence-electron chi connectivity index (χ2n) is 2.01. The van der Waals surface area contributed by atoms with Gasteiger partial charge in [-0.2, -0.15) is 5.10 Å². The van der Waals surface area contributed by atoms with Crippen LogP contribution in [-0.2, 0) is 0 Å². The third-order valence-electron chi connectivity index (χ3n) is 1.09. The van der Waals surface area contributed by atoms with Gasteiger partial charge in [-0.05, 0) is 17.7 Å². The van der Waals surface area contributed by atoms with Crippen LogP contribution in [0.25, 0.3) is 0 Å². The van der Waals surface area contributed by atoms with Crippen molar-refractivity contribution >= 4 is 12.2 Å². The third kappa shape index (κ3) is 2.78. The standard InChI is InChI=1S/C7H8N4O/c8-7(12)11-10-5-6-1-3-9-4-2-6/h1-5H,(H3,8,11,12). The van der Waals surface area contributed by atoms with E-state index in [4.69, 9.17) is 5.73 Å². The Hall–Kier alpha value is -1.91. The third-order valence-corrected chi connectivity index (χ3v) is 1.09. The molecular formula is C7H8N4O. The first-order valence-corrected chi connectivity index (χ1v) is 3.27. The highest BCUT2D eigenvalue weighted by molar-refractivity contribution is 5.81. The Morgan fingerprint density at radius 1 is 1.58 bits per heavy atom. The fraction of sp³-hybridized carbons (Fsp3) is 0. The highest BCUT2D eigenvalue weighted by atomic mass is 16.2. The molecule has 3 N–H and O–H groups in total. The first-order valence-electron chi connectivity index (χ1n) is 3.27. The lowest BCUT2D eigenvalue weighted by Crippen LogP contribution is -2.24. The molecule has 62 valence electrons. The number of hydrazone groups is 1. The van der Waals surface area contributed by atoms with E-state index in [-0.39, 0.29) is 0 Å². The fourth-order valence-electron chi connectivity index (χ4n) is 0.620. The first-order chi connectivity index (χ1) is 5.79. The molecule has 1 heterocycles. The number of hydrogen-bond acceptors (Lipinski definition) is 3. The second-order valence-corrected chi connectivity index (χ2v) is 2.01. The van der Waals surface area contributed by atoms with Crippen molar-refractivity contribution in [2.45, 2.75) is 0 Å². The number of carbonyl (C=O) groups is 1. The molecule has 5 heteroatoms. The van der Waals surface area contributed by atoms with Crippen molar-refractivity contribution in [1.29, 1.82) is 0 Å². The van der Waals surface area contributed by atoms with Crippen molar-refractivity contribution < 1.29 is 4.79 Å². The Bertz CT molecular complexity index is 283. The topological polar surface area (TPSA) is 80.4 Å². The molecule has 0 unspecified atom stereocenters. The van der Waals surface area contributed by atoms with Crippen molar-refractivity contribution in [3.05, 3.63) is 30.1 Å². The molecule has 1 aromatic rings. The molecule has 5 nitrogen and oxygen atoms in total. The van der Waals surface area contributed by atoms with Gasteiger partial charge in [0, 0.05) is 12.4 Å². The average Bonchev–Trinajstić information content (AvgIpc) is 2.05. The SMILES string of the molecule is NC(=O)NN=Cc1ccncc1. The summed E-state index contributed by atoms with van der Waals surface area (Å²) in [6, 6.07) is 2.83. The van der Waals surface area contributed by atoms with Crippen LogP contribution in [0.1, 0.15) is 5.56 Å². The number of aromatic nitrogens is 1. The summed E-state index contributed by atoms with van der Waals surface area (Å²) in [6.07, 6.45) is 4.74. The predicted molar refractivity (Wildman–Crippen MR) is 44.6 cm³/mol. The lowest BCUT2D eigenvalue weighted by atomic mass is 10.3. The quantitative estimate of drug-likeness (QED) is 0.479. The van der Waals surface area contributed by atoms with Crippen LogP contribution in [0.15, 0.2) is 29.6 Å². The summed E-state index contributed by atoms with van der Waals surface area (Å²) in [5.41, 5.74) is 7.71. The molecule has 0 radical (unpaired) electrons. The van der Waals surface area contributed by atoms with Crippen LogP contribution in [0.4, 0.5) is 4.79 Å². The number of amides is 2. The second kappa shape index (κ2) is 4.07. The molecule has 0 aromatic carbocycles. The van der Waals surface area contributed by atoms with Gasteiger partial charge < -0.3 is 5.73 Å². The molecule has 12 heavy (non-hydrogen) atoms. The van der Waals surface area contributed by atoms with E-state index in [1.807, 2.05) is 0 Å². The van der Waals surface area contributed by atoms with E-state index in [0.29, 0.717) is 0 Å². The molecule has 0 aliphatic rings. The lowest BCUT2D eigenvalue weighted by Gasteiger charge is -1.91. The van der Waals surface area contributed by atoms with Gasteiger partial charge in [0.05, 0.1) is 6.21 Å². The summed E-state index contributed by atoms with van der Waals surface area (Å²) in [5, 5.41) is 3.56. The number of nitrogens with one attached hydrogen (secondary N) is 1. The molecule has 0 aliphatic carbocycles. The van der Waals surface area contributed by atoms with Crippen molar-refractivity contribution in [1.82, 2.24) is 10.4 Å². The fourth-order valence-corrected chi connectivity index (χ4v) is 0.620. The smallest absolute Gasteiger partial charge is 0.332 e. The van der Waals surface area contributed by atoms with E-state index in [9.17, 15) is 4.79 Å². The molecule has 1 rings (SSSR count). The molecular weight excluding hydrogens is 156 g/mol. The van der Waals surface area contributed by atoms with Crippen LogP contribution < -0.4 is 11.2 Å². The molecule has 0 fully saturated rings. The number of carbonyl (C=O) groups excluding carboxylic acids is 1. The van der Waals surface area contributed by atoms with Crippen molar-refractivity contribution in [3.8, 4) is 0 Å². The van der Waals surface area contributed by atoms with Crippen molar-refractivity contribution in [2.75, 3.05) is 0 Å². The number of rotatable bonds is 2. The molecule has 1 aromatic heterocycles. The molecule has 2 amide bonds. The summed E-state index contributed by atoms with van der Waals surface area (Å²) in [7, 11) is 0. The molecule has 0 saturated carbocycles. The van der Waals surface area contributed by atoms with E-state index >= 15 is 0 Å². The minimum atomic E-state index is -0.680. The minimum Gasteiger partial charge on any atom is -0.350 e. The van der Waals surface area contributed by atoms with Gasteiger partial charge in [-0.15, -0.1) is 0 Å². The summed E-state index contributed by atoms with van der Waals surface area (Å²) in [6.45, 7) is 0. The zero-order chi connectivity index (χ0) is 8.81. The Balaban J connectivity index is 2.52. The summed E-state index contributed by atoms with van der Waals surface area (Å²) in [5.74, 6) is 0. The summed E-state index contributed by atoms with van der Waals surface area (Å²) < 4.78 is 0. The lowest BCUT2D eigenvalue weighted by molar-refractivity contribution is 0.249. The summed E-state index contributed by atoms with van der Waals surface area (Å²) in [4.78, 5) is 14.0. The predicted octanol–water partition coefficient (Wildman–Crippen LogP) is 0.0838. The molecule has 0 bridgehead atoms. The molecule has 0 saturated heterocycles. The maximum absolute atomic E-state index is 10.2. The Kier molecular flexibility index (Phi) is 2.78. The van der Waals surface area contributed by atoms with Crippen LogP contribution in [0, 0.1) is 0 Å². The summed E-state index contributed by atoms with van der Waals surface area (Å²) >= 11 is 0. The van der Waals surface area contributed by atoms with Gasteiger partial charge in [0.15, 0.2) is 0 Å². The molecule has 0 atom stereocenters. The Morgan fingerprint density at radius 2 is 2.25 bits per heavy atom. The van der Waals surface area contributed by atoms with Crippen LogP contribution in [0.2, 0.25) is 0 Å². The average molecular weight is 164 g/mol. The van der Waals surface area contributed by atoms with Crippen LogP contribution >= 0.6 is 0 Å². The van der Waals surface area contributed by atoms with Gasteiger partial charge in [0.2, 0.25) is 0 Å². The number of primary amides is 1. The number of pyridine rings is 1. The number of urea groups is 1. The van der Waals surface area contributed by atoms with Crippen LogP contribution in [-0.4, -0.2) is 17.2 Å². The maximum Gasteiger partial charge on any atom is 0.332 e. The normalized spacial score (nSPS) is 10.0. The largest absolute Gasteiger partial charge is 0.350 e.